The number of ether oxygens (including phenoxy) is 2. The van der Waals surface area contributed by atoms with Gasteiger partial charge in [-0.15, -0.1) is 0 Å². The van der Waals surface area contributed by atoms with Gasteiger partial charge >= 0.3 is 0 Å². The fourth-order valence-electron chi connectivity index (χ4n) is 7.55. The first kappa shape index (κ1) is 18.4. The Morgan fingerprint density at radius 3 is 2.67 bits per heavy atom. The fraction of sp³-hybridized carbons (Fsp3) is 0.875. The van der Waals surface area contributed by atoms with Gasteiger partial charge in [-0.2, -0.15) is 0 Å². The van der Waals surface area contributed by atoms with Gasteiger partial charge in [0.2, 0.25) is 0 Å². The molecule has 3 saturated carbocycles. The average Bonchev–Trinajstić information content (AvgIpc) is 2.98. The zero-order valence-corrected chi connectivity index (χ0v) is 17.2. The summed E-state index contributed by atoms with van der Waals surface area (Å²) in [7, 11) is 0. The quantitative estimate of drug-likeness (QED) is 0.606. The van der Waals surface area contributed by atoms with Crippen LogP contribution in [0.4, 0.5) is 0 Å². The van der Waals surface area contributed by atoms with E-state index in [1.54, 1.807) is 5.57 Å². The number of allylic oxidation sites excluding steroid dienone is 1. The maximum absolute atomic E-state index is 12.6. The van der Waals surface area contributed by atoms with Crippen LogP contribution in [-0.4, -0.2) is 24.8 Å². The summed E-state index contributed by atoms with van der Waals surface area (Å²) < 4.78 is 12.2. The maximum atomic E-state index is 12.6. The smallest absolute Gasteiger partial charge is 0.157 e. The van der Waals surface area contributed by atoms with Gasteiger partial charge in [-0.1, -0.05) is 25.5 Å². The molecule has 0 aromatic carbocycles. The molecule has 0 bridgehead atoms. The standard InChI is InChI=1S/C24H36O3/c1-23-12-10-17(27-22-5-3-4-14-26-22)15-16(23)6-7-18-19-8-9-21(25)24(19,2)13-11-20(18)23/h6,17-20,22H,3-5,7-15H2,1-2H3/t17-,18?,19?,20?,22?,23-,24-/m0/s1. The zero-order valence-electron chi connectivity index (χ0n) is 17.2. The number of carbonyl (C=O) groups is 1. The van der Waals surface area contributed by atoms with Crippen molar-refractivity contribution in [1.82, 2.24) is 0 Å². The number of Topliss-reactive ketones (excluding diaryl/α,β-unsaturated/α-hetero) is 1. The highest BCUT2D eigenvalue weighted by Crippen LogP contribution is 2.64. The lowest BCUT2D eigenvalue weighted by molar-refractivity contribution is -0.195. The summed E-state index contributed by atoms with van der Waals surface area (Å²) in [5, 5.41) is 0. The topological polar surface area (TPSA) is 35.5 Å². The van der Waals surface area contributed by atoms with Gasteiger partial charge in [0.25, 0.3) is 0 Å². The minimum absolute atomic E-state index is 0.0124. The molecule has 4 unspecified atom stereocenters. The molecule has 3 nitrogen and oxygen atoms in total. The van der Waals surface area contributed by atoms with Gasteiger partial charge in [-0.05, 0) is 87.4 Å². The van der Waals surface area contributed by atoms with E-state index >= 15 is 0 Å². The van der Waals surface area contributed by atoms with Crippen LogP contribution in [0.3, 0.4) is 0 Å². The number of hydrogen-bond acceptors (Lipinski definition) is 3. The lowest BCUT2D eigenvalue weighted by Gasteiger charge is -2.57. The Labute approximate surface area is 164 Å². The summed E-state index contributed by atoms with van der Waals surface area (Å²) in [6.45, 7) is 5.67. The maximum Gasteiger partial charge on any atom is 0.157 e. The van der Waals surface area contributed by atoms with Crippen LogP contribution in [0.15, 0.2) is 11.6 Å². The molecular formula is C24H36O3. The molecule has 0 N–H and O–H groups in total. The third-order valence-corrected chi connectivity index (χ3v) is 9.25. The van der Waals surface area contributed by atoms with E-state index < -0.39 is 0 Å². The van der Waals surface area contributed by atoms with Gasteiger partial charge in [-0.25, -0.2) is 0 Å². The van der Waals surface area contributed by atoms with Crippen molar-refractivity contribution in [2.45, 2.75) is 96.9 Å². The molecule has 27 heavy (non-hydrogen) atoms. The van der Waals surface area contributed by atoms with Crippen LogP contribution in [0.1, 0.15) is 84.5 Å². The third-order valence-electron chi connectivity index (χ3n) is 9.25. The Balaban J connectivity index is 1.32. The number of fused-ring (bicyclic) bond motifs is 5. The Kier molecular flexibility index (Phi) is 4.55. The van der Waals surface area contributed by atoms with Crippen molar-refractivity contribution in [3.8, 4) is 0 Å². The van der Waals surface area contributed by atoms with Gasteiger partial charge in [0.05, 0.1) is 6.10 Å². The van der Waals surface area contributed by atoms with Crippen LogP contribution < -0.4 is 0 Å². The number of rotatable bonds is 2. The normalized spacial score (nSPS) is 49.8. The summed E-state index contributed by atoms with van der Waals surface area (Å²) in [4.78, 5) is 12.6. The molecule has 4 fully saturated rings. The summed E-state index contributed by atoms with van der Waals surface area (Å²) >= 11 is 0. The van der Waals surface area contributed by atoms with E-state index in [2.05, 4.69) is 19.9 Å². The number of carbonyl (C=O) groups excluding carboxylic acids is 1. The highest BCUT2D eigenvalue weighted by Gasteiger charge is 2.58. The predicted molar refractivity (Wildman–Crippen MR) is 105 cm³/mol. The molecule has 0 spiro atoms. The second-order valence-corrected chi connectivity index (χ2v) is 10.5. The molecule has 3 heteroatoms. The van der Waals surface area contributed by atoms with Gasteiger partial charge in [0, 0.05) is 18.4 Å². The highest BCUT2D eigenvalue weighted by molar-refractivity contribution is 5.87. The molecule has 5 rings (SSSR count). The van der Waals surface area contributed by atoms with Crippen molar-refractivity contribution < 1.29 is 14.3 Å². The number of ketones is 1. The van der Waals surface area contributed by atoms with Gasteiger partial charge < -0.3 is 9.47 Å². The predicted octanol–water partition coefficient (Wildman–Crippen LogP) is 5.43. The zero-order chi connectivity index (χ0) is 18.6. The van der Waals surface area contributed by atoms with Crippen LogP contribution in [0, 0.1) is 28.6 Å². The molecule has 0 amide bonds. The van der Waals surface area contributed by atoms with E-state index in [9.17, 15) is 4.79 Å². The molecular weight excluding hydrogens is 336 g/mol. The monoisotopic (exact) mass is 372 g/mol. The molecule has 0 aromatic rings. The Morgan fingerprint density at radius 2 is 1.85 bits per heavy atom. The van der Waals surface area contributed by atoms with Crippen molar-refractivity contribution >= 4 is 5.78 Å². The molecule has 1 aliphatic heterocycles. The van der Waals surface area contributed by atoms with E-state index in [4.69, 9.17) is 9.47 Å². The SMILES string of the molecule is C[C@]12CC[C@H](OC3CCCCO3)CC1=CCC1C2CC[C@]2(C)C(=O)CCC12. The van der Waals surface area contributed by atoms with Crippen molar-refractivity contribution in [3.05, 3.63) is 11.6 Å². The van der Waals surface area contributed by atoms with Crippen LogP contribution in [0.2, 0.25) is 0 Å². The minimum atomic E-state index is -0.0124. The van der Waals surface area contributed by atoms with Crippen molar-refractivity contribution in [3.63, 3.8) is 0 Å². The van der Waals surface area contributed by atoms with Gasteiger partial charge in [0.1, 0.15) is 5.78 Å². The molecule has 7 atom stereocenters. The minimum Gasteiger partial charge on any atom is -0.353 e. The third kappa shape index (κ3) is 2.87. The van der Waals surface area contributed by atoms with E-state index in [1.807, 2.05) is 0 Å². The average molecular weight is 373 g/mol. The summed E-state index contributed by atoms with van der Waals surface area (Å²) in [6, 6.07) is 0. The summed E-state index contributed by atoms with van der Waals surface area (Å²) in [5.41, 5.74) is 1.98. The van der Waals surface area contributed by atoms with Crippen LogP contribution >= 0.6 is 0 Å². The van der Waals surface area contributed by atoms with Crippen molar-refractivity contribution in [1.29, 1.82) is 0 Å². The second kappa shape index (κ2) is 6.69. The van der Waals surface area contributed by atoms with E-state index in [0.717, 1.165) is 57.0 Å². The summed E-state index contributed by atoms with van der Waals surface area (Å²) in [5.74, 6) is 2.68. The molecule has 1 heterocycles. The lowest BCUT2D eigenvalue weighted by atomic mass is 9.48. The van der Waals surface area contributed by atoms with Crippen LogP contribution in [0.25, 0.3) is 0 Å². The molecule has 0 radical (unpaired) electrons. The Morgan fingerprint density at radius 1 is 1.04 bits per heavy atom. The molecule has 150 valence electrons. The first-order valence-electron chi connectivity index (χ1n) is 11.5. The lowest BCUT2D eigenvalue weighted by Crippen LogP contribution is -2.50. The molecule has 0 aromatic heterocycles. The number of hydrogen-bond donors (Lipinski definition) is 0. The van der Waals surface area contributed by atoms with Gasteiger partial charge in [-0.3, -0.25) is 4.79 Å². The van der Waals surface area contributed by atoms with Gasteiger partial charge in [0.15, 0.2) is 6.29 Å². The first-order chi connectivity index (χ1) is 13.0. The largest absolute Gasteiger partial charge is 0.353 e. The van der Waals surface area contributed by atoms with Crippen LogP contribution in [-0.2, 0) is 14.3 Å². The Hall–Kier alpha value is -0.670. The van der Waals surface area contributed by atoms with E-state index in [-0.39, 0.29) is 11.7 Å². The van der Waals surface area contributed by atoms with Crippen LogP contribution in [0.5, 0.6) is 0 Å². The van der Waals surface area contributed by atoms with Crippen molar-refractivity contribution in [2.75, 3.05) is 6.61 Å². The molecule has 4 aliphatic carbocycles. The van der Waals surface area contributed by atoms with Crippen molar-refractivity contribution in [2.24, 2.45) is 28.6 Å². The fourth-order valence-corrected chi connectivity index (χ4v) is 7.55. The second-order valence-electron chi connectivity index (χ2n) is 10.5. The van der Waals surface area contributed by atoms with E-state index in [0.29, 0.717) is 23.2 Å². The Bertz CT molecular complexity index is 634. The molecule has 1 saturated heterocycles. The summed E-state index contributed by atoms with van der Waals surface area (Å²) in [6.07, 6.45) is 15.4. The highest BCUT2D eigenvalue weighted by atomic mass is 16.7. The first-order valence-corrected chi connectivity index (χ1v) is 11.5. The van der Waals surface area contributed by atoms with E-state index in [1.165, 1.54) is 32.1 Å². The molecule has 5 aliphatic rings.